The zero-order valence-electron chi connectivity index (χ0n) is 11.0. The van der Waals surface area contributed by atoms with Gasteiger partial charge < -0.3 is 9.15 Å². The van der Waals surface area contributed by atoms with Gasteiger partial charge in [-0.15, -0.1) is 0 Å². The van der Waals surface area contributed by atoms with Crippen LogP contribution in [0.3, 0.4) is 0 Å². The fourth-order valence-electron chi connectivity index (χ4n) is 2.12. The van der Waals surface area contributed by atoms with Crippen LogP contribution in [0.15, 0.2) is 46.9 Å². The van der Waals surface area contributed by atoms with Crippen molar-refractivity contribution < 1.29 is 18.3 Å². The molecule has 0 saturated heterocycles. The Morgan fingerprint density at radius 2 is 2.00 bits per heavy atom. The molecular weight excluding hydrogens is 295 g/mol. The van der Waals surface area contributed by atoms with Crippen molar-refractivity contribution >= 4 is 28.4 Å². The second-order valence-electron chi connectivity index (χ2n) is 4.47. The second kappa shape index (κ2) is 5.22. The lowest BCUT2D eigenvalue weighted by molar-refractivity contribution is 0.101. The predicted octanol–water partition coefficient (Wildman–Crippen LogP) is 4.46. The van der Waals surface area contributed by atoms with Crippen LogP contribution in [-0.4, -0.2) is 12.9 Å². The van der Waals surface area contributed by atoms with Crippen molar-refractivity contribution in [3.63, 3.8) is 0 Å². The van der Waals surface area contributed by atoms with E-state index in [1.807, 2.05) is 0 Å². The van der Waals surface area contributed by atoms with Gasteiger partial charge in [0.25, 0.3) is 0 Å². The van der Waals surface area contributed by atoms with Crippen LogP contribution in [0, 0.1) is 5.82 Å². The van der Waals surface area contributed by atoms with Crippen molar-refractivity contribution in [1.82, 2.24) is 0 Å². The molecule has 0 amide bonds. The highest BCUT2D eigenvalue weighted by Gasteiger charge is 2.19. The highest BCUT2D eigenvalue weighted by atomic mass is 35.5. The predicted molar refractivity (Wildman–Crippen MR) is 77.6 cm³/mol. The first-order valence-corrected chi connectivity index (χ1v) is 6.53. The van der Waals surface area contributed by atoms with E-state index in [-0.39, 0.29) is 11.3 Å². The third kappa shape index (κ3) is 2.50. The molecule has 3 aromatic rings. The first-order chi connectivity index (χ1) is 10.1. The number of furan rings is 1. The number of benzene rings is 2. The molecule has 0 aliphatic carbocycles. The Morgan fingerprint density at radius 1 is 1.19 bits per heavy atom. The minimum atomic E-state index is -0.515. The van der Waals surface area contributed by atoms with Crippen molar-refractivity contribution in [2.75, 3.05) is 7.11 Å². The molecule has 0 unspecified atom stereocenters. The van der Waals surface area contributed by atoms with Crippen LogP contribution in [0.5, 0.6) is 5.75 Å². The van der Waals surface area contributed by atoms with E-state index in [0.717, 1.165) is 6.07 Å². The zero-order valence-corrected chi connectivity index (χ0v) is 11.8. The molecule has 0 aliphatic heterocycles. The lowest BCUT2D eigenvalue weighted by Gasteiger charge is -2.05. The Morgan fingerprint density at radius 3 is 2.76 bits per heavy atom. The Balaban J connectivity index is 2.10. The van der Waals surface area contributed by atoms with Crippen LogP contribution in [0.25, 0.3) is 11.0 Å². The van der Waals surface area contributed by atoms with Crippen molar-refractivity contribution in [1.29, 1.82) is 0 Å². The average molecular weight is 305 g/mol. The standard InChI is InChI=1S/C16H10ClFO3/c1-20-14-5-3-11(18)8-12(14)16(19)15-7-9-6-10(17)2-4-13(9)21-15/h2-8H,1H3. The molecule has 1 aromatic heterocycles. The molecule has 3 nitrogen and oxygen atoms in total. The summed E-state index contributed by atoms with van der Waals surface area (Å²) in [5.74, 6) is -0.562. The fraction of sp³-hybridized carbons (Fsp3) is 0.0625. The first-order valence-electron chi connectivity index (χ1n) is 6.16. The summed E-state index contributed by atoms with van der Waals surface area (Å²) in [5, 5.41) is 1.26. The number of hydrogen-bond acceptors (Lipinski definition) is 3. The maximum atomic E-state index is 13.4. The van der Waals surface area contributed by atoms with Crippen molar-refractivity contribution in [3.8, 4) is 5.75 Å². The summed E-state index contributed by atoms with van der Waals surface area (Å²) in [6, 6.07) is 10.4. The summed E-state index contributed by atoms with van der Waals surface area (Å²) < 4.78 is 23.9. The highest BCUT2D eigenvalue weighted by Crippen LogP contribution is 2.27. The molecule has 106 valence electrons. The van der Waals surface area contributed by atoms with E-state index in [0.29, 0.717) is 21.7 Å². The van der Waals surface area contributed by atoms with Crippen LogP contribution in [0.4, 0.5) is 4.39 Å². The number of halogens is 2. The van der Waals surface area contributed by atoms with E-state index >= 15 is 0 Å². The quantitative estimate of drug-likeness (QED) is 0.670. The summed E-state index contributed by atoms with van der Waals surface area (Å²) in [6.45, 7) is 0. The van der Waals surface area contributed by atoms with E-state index in [1.165, 1.54) is 19.2 Å². The molecule has 0 spiro atoms. The van der Waals surface area contributed by atoms with Gasteiger partial charge in [0.05, 0.1) is 12.7 Å². The Hall–Kier alpha value is -2.33. The van der Waals surface area contributed by atoms with Crippen LogP contribution < -0.4 is 4.74 Å². The SMILES string of the molecule is COc1ccc(F)cc1C(=O)c1cc2cc(Cl)ccc2o1. The number of fused-ring (bicyclic) bond motifs is 1. The summed E-state index contributed by atoms with van der Waals surface area (Å²) in [6.07, 6.45) is 0. The molecule has 0 aliphatic rings. The van der Waals surface area contributed by atoms with Crippen LogP contribution in [0.2, 0.25) is 5.02 Å². The Kier molecular flexibility index (Phi) is 3.39. The van der Waals surface area contributed by atoms with Gasteiger partial charge >= 0.3 is 0 Å². The molecule has 21 heavy (non-hydrogen) atoms. The number of hydrogen-bond donors (Lipinski definition) is 0. The maximum Gasteiger partial charge on any atom is 0.232 e. The van der Waals surface area contributed by atoms with E-state index < -0.39 is 11.6 Å². The van der Waals surface area contributed by atoms with E-state index in [2.05, 4.69) is 0 Å². The average Bonchev–Trinajstić information content (AvgIpc) is 2.89. The minimum absolute atomic E-state index is 0.108. The third-order valence-corrected chi connectivity index (χ3v) is 3.34. The molecule has 3 rings (SSSR count). The molecule has 5 heteroatoms. The van der Waals surface area contributed by atoms with Gasteiger partial charge in [-0.25, -0.2) is 4.39 Å². The third-order valence-electron chi connectivity index (χ3n) is 3.11. The number of carbonyl (C=O) groups excluding carboxylic acids is 1. The van der Waals surface area contributed by atoms with Gasteiger partial charge in [-0.2, -0.15) is 0 Å². The zero-order chi connectivity index (χ0) is 15.0. The molecule has 0 atom stereocenters. The second-order valence-corrected chi connectivity index (χ2v) is 4.90. The smallest absolute Gasteiger partial charge is 0.232 e. The lowest BCUT2D eigenvalue weighted by atomic mass is 10.1. The molecule has 0 radical (unpaired) electrons. The fourth-order valence-corrected chi connectivity index (χ4v) is 2.30. The number of ether oxygens (including phenoxy) is 1. The summed E-state index contributed by atoms with van der Waals surface area (Å²) >= 11 is 5.90. The molecular formula is C16H10ClFO3. The number of rotatable bonds is 3. The summed E-state index contributed by atoms with van der Waals surface area (Å²) in [7, 11) is 1.42. The van der Waals surface area contributed by atoms with E-state index in [1.54, 1.807) is 24.3 Å². The van der Waals surface area contributed by atoms with Crippen molar-refractivity contribution in [2.24, 2.45) is 0 Å². The van der Waals surface area contributed by atoms with Gasteiger partial charge in [0.1, 0.15) is 17.1 Å². The van der Waals surface area contributed by atoms with Gasteiger partial charge in [-0.3, -0.25) is 4.79 Å². The Bertz CT molecular complexity index is 839. The monoisotopic (exact) mass is 304 g/mol. The molecule has 0 fully saturated rings. The topological polar surface area (TPSA) is 39.4 Å². The van der Waals surface area contributed by atoms with Crippen LogP contribution in [-0.2, 0) is 0 Å². The molecule has 2 aromatic carbocycles. The van der Waals surface area contributed by atoms with Gasteiger partial charge in [0, 0.05) is 10.4 Å². The van der Waals surface area contributed by atoms with E-state index in [9.17, 15) is 9.18 Å². The van der Waals surface area contributed by atoms with Crippen molar-refractivity contribution in [2.45, 2.75) is 0 Å². The highest BCUT2D eigenvalue weighted by molar-refractivity contribution is 6.31. The van der Waals surface area contributed by atoms with Crippen molar-refractivity contribution in [3.05, 3.63) is 64.6 Å². The Labute approximate surface area is 124 Å². The van der Waals surface area contributed by atoms with Gasteiger partial charge in [-0.1, -0.05) is 11.6 Å². The summed E-state index contributed by atoms with van der Waals surface area (Å²) in [5.41, 5.74) is 0.653. The van der Waals surface area contributed by atoms with Crippen LogP contribution in [0.1, 0.15) is 16.1 Å². The van der Waals surface area contributed by atoms with Gasteiger partial charge in [-0.05, 0) is 42.5 Å². The molecule has 0 N–H and O–H groups in total. The lowest BCUT2D eigenvalue weighted by Crippen LogP contribution is -2.03. The maximum absolute atomic E-state index is 13.4. The van der Waals surface area contributed by atoms with Gasteiger partial charge in [0.15, 0.2) is 5.76 Å². The molecule has 1 heterocycles. The largest absolute Gasteiger partial charge is 0.496 e. The molecule has 0 bridgehead atoms. The normalized spacial score (nSPS) is 10.8. The minimum Gasteiger partial charge on any atom is -0.496 e. The number of methoxy groups -OCH3 is 1. The number of ketones is 1. The van der Waals surface area contributed by atoms with Crippen LogP contribution >= 0.6 is 11.6 Å². The molecule has 0 saturated carbocycles. The summed E-state index contributed by atoms with van der Waals surface area (Å²) in [4.78, 5) is 12.5. The first kappa shape index (κ1) is 13.6. The van der Waals surface area contributed by atoms with Gasteiger partial charge in [0.2, 0.25) is 5.78 Å². The number of carbonyl (C=O) groups is 1. The van der Waals surface area contributed by atoms with E-state index in [4.69, 9.17) is 20.8 Å².